The summed E-state index contributed by atoms with van der Waals surface area (Å²) in [4.78, 5) is 1.29. The Labute approximate surface area is 120 Å². The molecule has 0 radical (unpaired) electrons. The molecule has 0 saturated carbocycles. The molecule has 1 aromatic rings. The molecule has 0 aliphatic heterocycles. The van der Waals surface area contributed by atoms with Crippen molar-refractivity contribution in [3.63, 3.8) is 0 Å². The van der Waals surface area contributed by atoms with Gasteiger partial charge in [-0.25, -0.2) is 13.1 Å². The summed E-state index contributed by atoms with van der Waals surface area (Å²) in [5, 5.41) is 5.00. The van der Waals surface area contributed by atoms with Gasteiger partial charge in [0.05, 0.1) is 4.90 Å². The van der Waals surface area contributed by atoms with Crippen LogP contribution >= 0.6 is 11.3 Å². The van der Waals surface area contributed by atoms with Gasteiger partial charge in [0, 0.05) is 18.0 Å². The molecule has 110 valence electrons. The first kappa shape index (κ1) is 16.6. The molecule has 0 bridgehead atoms. The minimum atomic E-state index is -3.37. The Morgan fingerprint density at radius 2 is 1.95 bits per heavy atom. The van der Waals surface area contributed by atoms with Crippen molar-refractivity contribution in [3.8, 4) is 0 Å². The maximum atomic E-state index is 12.3. The normalized spacial score (nSPS) is 12.2. The summed E-state index contributed by atoms with van der Waals surface area (Å²) in [5.41, 5.74) is 0. The molecule has 4 nitrogen and oxygen atoms in total. The van der Waals surface area contributed by atoms with Gasteiger partial charge in [-0.05, 0) is 23.9 Å². The van der Waals surface area contributed by atoms with Crippen LogP contribution in [0, 0.1) is 5.92 Å². The van der Waals surface area contributed by atoms with Gasteiger partial charge in [-0.1, -0.05) is 33.6 Å². The highest BCUT2D eigenvalue weighted by atomic mass is 32.2. The Balaban J connectivity index is 2.74. The average molecular weight is 304 g/mol. The number of thiophene rings is 1. The molecular formula is C13H24N2O2S2. The summed E-state index contributed by atoms with van der Waals surface area (Å²) in [7, 11) is -3.37. The number of hydrogen-bond acceptors (Lipinski definition) is 4. The quantitative estimate of drug-likeness (QED) is 0.737. The molecule has 0 atom stereocenters. The third-order valence-corrected chi connectivity index (χ3v) is 5.80. The molecule has 0 aromatic carbocycles. The molecule has 1 aromatic heterocycles. The third kappa shape index (κ3) is 4.87. The Kier molecular flexibility index (Phi) is 6.99. The summed E-state index contributed by atoms with van der Waals surface area (Å²) in [6.45, 7) is 8.14. The lowest BCUT2D eigenvalue weighted by Gasteiger charge is -2.14. The van der Waals surface area contributed by atoms with Crippen LogP contribution in [-0.4, -0.2) is 21.5 Å². The van der Waals surface area contributed by atoms with Gasteiger partial charge in [-0.3, -0.25) is 0 Å². The van der Waals surface area contributed by atoms with Gasteiger partial charge in [-0.2, -0.15) is 0 Å². The number of rotatable bonds is 9. The highest BCUT2D eigenvalue weighted by Crippen LogP contribution is 2.22. The van der Waals surface area contributed by atoms with E-state index >= 15 is 0 Å². The van der Waals surface area contributed by atoms with E-state index in [1.54, 1.807) is 6.07 Å². The lowest BCUT2D eigenvalue weighted by atomic mass is 10.0. The van der Waals surface area contributed by atoms with Crippen LogP contribution < -0.4 is 10.0 Å². The lowest BCUT2D eigenvalue weighted by Crippen LogP contribution is -2.29. The van der Waals surface area contributed by atoms with E-state index in [0.29, 0.717) is 23.9 Å². The third-order valence-electron chi connectivity index (χ3n) is 3.25. The molecule has 2 N–H and O–H groups in total. The molecule has 0 fully saturated rings. The molecule has 0 unspecified atom stereocenters. The van der Waals surface area contributed by atoms with Crippen LogP contribution in [0.5, 0.6) is 0 Å². The maximum absolute atomic E-state index is 12.3. The molecule has 0 amide bonds. The summed E-state index contributed by atoms with van der Waals surface area (Å²) >= 11 is 1.48. The highest BCUT2D eigenvalue weighted by molar-refractivity contribution is 7.89. The van der Waals surface area contributed by atoms with Gasteiger partial charge < -0.3 is 5.32 Å². The summed E-state index contributed by atoms with van der Waals surface area (Å²) in [6, 6.07) is 1.69. The van der Waals surface area contributed by atoms with Crippen molar-refractivity contribution in [3.05, 3.63) is 16.3 Å². The zero-order valence-electron chi connectivity index (χ0n) is 11.9. The van der Waals surface area contributed by atoms with Gasteiger partial charge in [0.15, 0.2) is 0 Å². The van der Waals surface area contributed by atoms with E-state index in [0.717, 1.165) is 24.3 Å². The second-order valence-electron chi connectivity index (χ2n) is 4.52. The van der Waals surface area contributed by atoms with E-state index in [1.165, 1.54) is 11.3 Å². The lowest BCUT2D eigenvalue weighted by molar-refractivity contribution is 0.478. The fraction of sp³-hybridized carbons (Fsp3) is 0.692. The molecule has 1 rings (SSSR count). The van der Waals surface area contributed by atoms with Gasteiger partial charge in [0.1, 0.15) is 0 Å². The second-order valence-corrected chi connectivity index (χ2v) is 7.26. The molecule has 1 heterocycles. The van der Waals surface area contributed by atoms with E-state index in [2.05, 4.69) is 23.9 Å². The van der Waals surface area contributed by atoms with Crippen molar-refractivity contribution >= 4 is 21.4 Å². The first-order valence-electron chi connectivity index (χ1n) is 6.81. The minimum Gasteiger partial charge on any atom is -0.312 e. The summed E-state index contributed by atoms with van der Waals surface area (Å²) in [5.74, 6) is 0.408. The SMILES string of the molecule is CCNCc1sccc1S(=O)(=O)NCC(CC)CC. The van der Waals surface area contributed by atoms with Crippen LogP contribution in [0.15, 0.2) is 16.3 Å². The number of sulfonamides is 1. The number of hydrogen-bond donors (Lipinski definition) is 2. The smallest absolute Gasteiger partial charge is 0.241 e. The second kappa shape index (κ2) is 7.99. The first-order valence-corrected chi connectivity index (χ1v) is 9.18. The Morgan fingerprint density at radius 3 is 2.53 bits per heavy atom. The van der Waals surface area contributed by atoms with Crippen LogP contribution in [0.1, 0.15) is 38.5 Å². The Hall–Kier alpha value is -0.430. The van der Waals surface area contributed by atoms with Crippen LogP contribution in [0.25, 0.3) is 0 Å². The van der Waals surface area contributed by atoms with Crippen LogP contribution in [0.3, 0.4) is 0 Å². The monoisotopic (exact) mass is 304 g/mol. The van der Waals surface area contributed by atoms with Crippen molar-refractivity contribution in [2.24, 2.45) is 5.92 Å². The van der Waals surface area contributed by atoms with E-state index < -0.39 is 10.0 Å². The predicted octanol–water partition coefficient (Wildman–Crippen LogP) is 2.57. The van der Waals surface area contributed by atoms with E-state index in [4.69, 9.17) is 0 Å². The largest absolute Gasteiger partial charge is 0.312 e. The molecule has 0 aliphatic rings. The first-order chi connectivity index (χ1) is 9.05. The van der Waals surface area contributed by atoms with E-state index in [-0.39, 0.29) is 0 Å². The van der Waals surface area contributed by atoms with Crippen LogP contribution in [-0.2, 0) is 16.6 Å². The van der Waals surface area contributed by atoms with E-state index in [9.17, 15) is 8.42 Å². The van der Waals surface area contributed by atoms with Crippen LogP contribution in [0.4, 0.5) is 0 Å². The number of nitrogens with one attached hydrogen (secondary N) is 2. The zero-order chi connectivity index (χ0) is 14.3. The average Bonchev–Trinajstić information content (AvgIpc) is 2.86. The highest BCUT2D eigenvalue weighted by Gasteiger charge is 2.20. The van der Waals surface area contributed by atoms with Crippen molar-refractivity contribution in [2.45, 2.75) is 45.1 Å². The van der Waals surface area contributed by atoms with E-state index in [1.807, 2.05) is 12.3 Å². The summed E-state index contributed by atoms with van der Waals surface area (Å²) in [6.07, 6.45) is 1.99. The molecule has 0 spiro atoms. The van der Waals surface area contributed by atoms with Gasteiger partial charge in [0.25, 0.3) is 0 Å². The van der Waals surface area contributed by atoms with Crippen molar-refractivity contribution in [2.75, 3.05) is 13.1 Å². The fourth-order valence-electron chi connectivity index (χ4n) is 1.82. The van der Waals surface area contributed by atoms with Crippen LogP contribution in [0.2, 0.25) is 0 Å². The van der Waals surface area contributed by atoms with Crippen molar-refractivity contribution in [1.29, 1.82) is 0 Å². The standard InChI is InChI=1S/C13H24N2O2S2/c1-4-11(5-2)9-15-19(16,17)13-7-8-18-12(13)10-14-6-3/h7-8,11,14-15H,4-6,9-10H2,1-3H3. The fourth-order valence-corrected chi connectivity index (χ4v) is 4.35. The summed E-state index contributed by atoms with van der Waals surface area (Å²) < 4.78 is 27.3. The van der Waals surface area contributed by atoms with Crippen molar-refractivity contribution in [1.82, 2.24) is 10.0 Å². The molecule has 6 heteroatoms. The Bertz CT molecular complexity index is 465. The molecular weight excluding hydrogens is 280 g/mol. The topological polar surface area (TPSA) is 58.2 Å². The van der Waals surface area contributed by atoms with Gasteiger partial charge in [-0.15, -0.1) is 11.3 Å². The predicted molar refractivity (Wildman–Crippen MR) is 81.0 cm³/mol. The van der Waals surface area contributed by atoms with Gasteiger partial charge in [0.2, 0.25) is 10.0 Å². The van der Waals surface area contributed by atoms with Crippen molar-refractivity contribution < 1.29 is 8.42 Å². The molecule has 0 saturated heterocycles. The molecule has 19 heavy (non-hydrogen) atoms. The Morgan fingerprint density at radius 1 is 1.26 bits per heavy atom. The minimum absolute atomic E-state index is 0.408. The zero-order valence-corrected chi connectivity index (χ0v) is 13.5. The maximum Gasteiger partial charge on any atom is 0.241 e. The molecule has 0 aliphatic carbocycles. The van der Waals surface area contributed by atoms with Gasteiger partial charge >= 0.3 is 0 Å².